The van der Waals surface area contributed by atoms with Gasteiger partial charge in [-0.15, -0.1) is 10.2 Å². The summed E-state index contributed by atoms with van der Waals surface area (Å²) in [6, 6.07) is 16.8. The molecule has 0 spiro atoms. The summed E-state index contributed by atoms with van der Waals surface area (Å²) < 4.78 is 6.95. The number of esters is 1. The Morgan fingerprint density at radius 1 is 1.12 bits per heavy atom. The van der Waals surface area contributed by atoms with Crippen molar-refractivity contribution < 1.29 is 14.6 Å². The third-order valence-electron chi connectivity index (χ3n) is 3.65. The van der Waals surface area contributed by atoms with Crippen molar-refractivity contribution in [2.45, 2.75) is 18.6 Å². The van der Waals surface area contributed by atoms with Crippen LogP contribution in [0.4, 0.5) is 0 Å². The maximum absolute atomic E-state index is 11.7. The maximum atomic E-state index is 11.7. The number of phenols is 1. The van der Waals surface area contributed by atoms with Gasteiger partial charge in [0.05, 0.1) is 18.9 Å². The van der Waals surface area contributed by atoms with Gasteiger partial charge in [0.15, 0.2) is 11.0 Å². The first kappa shape index (κ1) is 18.0. The van der Waals surface area contributed by atoms with Gasteiger partial charge in [0.2, 0.25) is 0 Å². The van der Waals surface area contributed by atoms with Gasteiger partial charge in [-0.25, -0.2) is 0 Å². The Bertz CT molecular complexity index is 863. The van der Waals surface area contributed by atoms with E-state index in [-0.39, 0.29) is 17.5 Å². The van der Waals surface area contributed by atoms with Crippen LogP contribution in [0.1, 0.15) is 12.5 Å². The molecule has 1 heterocycles. The molecule has 0 aliphatic rings. The highest BCUT2D eigenvalue weighted by Gasteiger charge is 2.16. The average Bonchev–Trinajstić information content (AvgIpc) is 3.04. The summed E-state index contributed by atoms with van der Waals surface area (Å²) in [5.74, 6) is 0.772. The van der Waals surface area contributed by atoms with Gasteiger partial charge in [-0.05, 0) is 36.8 Å². The van der Waals surface area contributed by atoms with Gasteiger partial charge in [0.1, 0.15) is 5.75 Å². The molecule has 0 aliphatic carbocycles. The first-order valence-corrected chi connectivity index (χ1v) is 9.21. The van der Waals surface area contributed by atoms with Crippen LogP contribution in [-0.2, 0) is 16.1 Å². The predicted molar refractivity (Wildman–Crippen MR) is 100 cm³/mol. The summed E-state index contributed by atoms with van der Waals surface area (Å²) in [6.07, 6.45) is 0. The molecule has 0 aliphatic heterocycles. The fourth-order valence-electron chi connectivity index (χ4n) is 2.45. The lowest BCUT2D eigenvalue weighted by atomic mass is 10.2. The average molecular weight is 369 g/mol. The van der Waals surface area contributed by atoms with Crippen LogP contribution in [0.25, 0.3) is 11.4 Å². The van der Waals surface area contributed by atoms with Gasteiger partial charge in [-0.3, -0.25) is 9.36 Å². The Morgan fingerprint density at radius 3 is 2.54 bits per heavy atom. The summed E-state index contributed by atoms with van der Waals surface area (Å²) in [4.78, 5) is 11.7. The van der Waals surface area contributed by atoms with Crippen LogP contribution >= 0.6 is 11.8 Å². The number of rotatable bonds is 7. The van der Waals surface area contributed by atoms with Crippen LogP contribution < -0.4 is 0 Å². The molecule has 0 saturated carbocycles. The molecule has 1 aromatic heterocycles. The first-order valence-electron chi connectivity index (χ1n) is 8.22. The minimum Gasteiger partial charge on any atom is -0.508 e. The topological polar surface area (TPSA) is 77.2 Å². The molecule has 1 N–H and O–H groups in total. The minimum absolute atomic E-state index is 0.177. The number of carbonyl (C=O) groups is 1. The second-order valence-electron chi connectivity index (χ2n) is 5.52. The molecule has 2 aromatic carbocycles. The zero-order valence-electron chi connectivity index (χ0n) is 14.3. The van der Waals surface area contributed by atoms with Crippen molar-refractivity contribution in [2.75, 3.05) is 12.4 Å². The van der Waals surface area contributed by atoms with Gasteiger partial charge in [-0.1, -0.05) is 42.1 Å². The molecule has 6 nitrogen and oxygen atoms in total. The summed E-state index contributed by atoms with van der Waals surface area (Å²) in [5, 5.41) is 18.7. The quantitative estimate of drug-likeness (QED) is 0.508. The molecule has 3 rings (SSSR count). The first-order chi connectivity index (χ1) is 12.7. The Hall–Kier alpha value is -2.80. The predicted octanol–water partition coefficient (Wildman–Crippen LogP) is 3.35. The fourth-order valence-corrected chi connectivity index (χ4v) is 3.19. The van der Waals surface area contributed by atoms with Crippen molar-refractivity contribution in [3.63, 3.8) is 0 Å². The van der Waals surface area contributed by atoms with Crippen molar-refractivity contribution in [3.8, 4) is 17.1 Å². The van der Waals surface area contributed by atoms with Gasteiger partial charge < -0.3 is 9.84 Å². The van der Waals surface area contributed by atoms with Gasteiger partial charge in [0.25, 0.3) is 0 Å². The Kier molecular flexibility index (Phi) is 5.91. The maximum Gasteiger partial charge on any atom is 0.316 e. The molecular formula is C19H19N3O3S. The second kappa shape index (κ2) is 8.53. The number of ether oxygens (including phenoxy) is 1. The van der Waals surface area contributed by atoms with Crippen molar-refractivity contribution in [1.82, 2.24) is 14.8 Å². The zero-order chi connectivity index (χ0) is 18.4. The van der Waals surface area contributed by atoms with Crippen LogP contribution in [-0.4, -0.2) is 38.2 Å². The summed E-state index contributed by atoms with van der Waals surface area (Å²) in [5.41, 5.74) is 1.94. The van der Waals surface area contributed by atoms with E-state index in [2.05, 4.69) is 10.2 Å². The number of carbonyl (C=O) groups excluding carboxylic acids is 1. The van der Waals surface area contributed by atoms with E-state index in [4.69, 9.17) is 4.74 Å². The van der Waals surface area contributed by atoms with E-state index in [9.17, 15) is 9.90 Å². The minimum atomic E-state index is -0.280. The number of benzene rings is 2. The number of aromatic hydroxyl groups is 1. The molecule has 26 heavy (non-hydrogen) atoms. The summed E-state index contributed by atoms with van der Waals surface area (Å²) >= 11 is 1.30. The smallest absolute Gasteiger partial charge is 0.316 e. The second-order valence-corrected chi connectivity index (χ2v) is 6.46. The number of hydrogen-bond acceptors (Lipinski definition) is 6. The Labute approximate surface area is 155 Å². The van der Waals surface area contributed by atoms with Crippen LogP contribution in [0, 0.1) is 0 Å². The lowest BCUT2D eigenvalue weighted by Crippen LogP contribution is -2.09. The standard InChI is InChI=1S/C19H19N3O3S/c1-2-25-17(24)13-26-19-21-20-18(15-8-10-16(23)11-9-15)22(19)12-14-6-4-3-5-7-14/h3-11,23H,2,12-13H2,1H3. The lowest BCUT2D eigenvalue weighted by Gasteiger charge is -2.10. The summed E-state index contributed by atoms with van der Waals surface area (Å²) in [7, 11) is 0. The third-order valence-corrected chi connectivity index (χ3v) is 4.59. The fraction of sp³-hybridized carbons (Fsp3) is 0.211. The highest BCUT2D eigenvalue weighted by molar-refractivity contribution is 7.99. The van der Waals surface area contributed by atoms with E-state index >= 15 is 0 Å². The molecule has 0 amide bonds. The zero-order valence-corrected chi connectivity index (χ0v) is 15.1. The monoisotopic (exact) mass is 369 g/mol. The van der Waals surface area contributed by atoms with E-state index in [0.717, 1.165) is 11.1 Å². The molecule has 0 radical (unpaired) electrons. The summed E-state index contributed by atoms with van der Waals surface area (Å²) in [6.45, 7) is 2.72. The van der Waals surface area contributed by atoms with E-state index < -0.39 is 0 Å². The van der Waals surface area contributed by atoms with E-state index in [1.807, 2.05) is 34.9 Å². The van der Waals surface area contributed by atoms with Crippen LogP contribution in [0.15, 0.2) is 59.8 Å². The molecule has 7 heteroatoms. The number of hydrogen-bond donors (Lipinski definition) is 1. The highest BCUT2D eigenvalue weighted by atomic mass is 32.2. The molecule has 3 aromatic rings. The largest absolute Gasteiger partial charge is 0.508 e. The van der Waals surface area contributed by atoms with Crippen molar-refractivity contribution in [2.24, 2.45) is 0 Å². The SMILES string of the molecule is CCOC(=O)CSc1nnc(-c2ccc(O)cc2)n1Cc1ccccc1. The van der Waals surface area contributed by atoms with E-state index in [0.29, 0.717) is 24.1 Å². The number of nitrogens with zero attached hydrogens (tertiary/aromatic N) is 3. The number of thioether (sulfide) groups is 1. The van der Waals surface area contributed by atoms with Gasteiger partial charge in [0, 0.05) is 5.56 Å². The molecule has 0 saturated heterocycles. The van der Waals surface area contributed by atoms with Crippen molar-refractivity contribution >= 4 is 17.7 Å². The molecule has 0 fully saturated rings. The number of phenolic OH excluding ortho intramolecular Hbond substituents is 1. The molecule has 0 unspecified atom stereocenters. The Morgan fingerprint density at radius 2 is 1.85 bits per heavy atom. The van der Waals surface area contributed by atoms with E-state index in [1.54, 1.807) is 31.2 Å². The molecular weight excluding hydrogens is 350 g/mol. The van der Waals surface area contributed by atoms with Crippen molar-refractivity contribution in [1.29, 1.82) is 0 Å². The molecule has 134 valence electrons. The third kappa shape index (κ3) is 4.43. The van der Waals surface area contributed by atoms with Gasteiger partial charge in [-0.2, -0.15) is 0 Å². The van der Waals surface area contributed by atoms with Crippen LogP contribution in [0.3, 0.4) is 0 Å². The molecule has 0 atom stereocenters. The van der Waals surface area contributed by atoms with E-state index in [1.165, 1.54) is 11.8 Å². The van der Waals surface area contributed by atoms with Gasteiger partial charge >= 0.3 is 5.97 Å². The molecule has 0 bridgehead atoms. The highest BCUT2D eigenvalue weighted by Crippen LogP contribution is 2.26. The lowest BCUT2D eigenvalue weighted by molar-refractivity contribution is -0.139. The van der Waals surface area contributed by atoms with Crippen LogP contribution in [0.5, 0.6) is 5.75 Å². The van der Waals surface area contributed by atoms with Crippen LogP contribution in [0.2, 0.25) is 0 Å². The number of aromatic nitrogens is 3. The van der Waals surface area contributed by atoms with Crippen molar-refractivity contribution in [3.05, 3.63) is 60.2 Å². The Balaban J connectivity index is 1.91. The normalized spacial score (nSPS) is 10.7.